The maximum absolute atomic E-state index is 11.5. The summed E-state index contributed by atoms with van der Waals surface area (Å²) in [4.78, 5) is 11.5. The lowest BCUT2D eigenvalue weighted by atomic mass is 9.81. The third-order valence-corrected chi connectivity index (χ3v) is 4.30. The van der Waals surface area contributed by atoms with Crippen molar-refractivity contribution >= 4 is 21.9 Å². The zero-order valence-electron chi connectivity index (χ0n) is 10.2. The number of benzene rings is 1. The van der Waals surface area contributed by atoms with Gasteiger partial charge >= 0.3 is 5.97 Å². The lowest BCUT2D eigenvalue weighted by Gasteiger charge is -2.24. The number of hydrogen-bond acceptors (Lipinski definition) is 1. The van der Waals surface area contributed by atoms with Crippen LogP contribution in [0.3, 0.4) is 0 Å². The first-order chi connectivity index (χ1) is 8.68. The van der Waals surface area contributed by atoms with Crippen LogP contribution in [0.15, 0.2) is 40.9 Å². The largest absolute Gasteiger partial charge is 0.481 e. The van der Waals surface area contributed by atoms with Crippen LogP contribution < -0.4 is 0 Å². The number of aliphatic carboxylic acids is 1. The van der Waals surface area contributed by atoms with Crippen LogP contribution in [-0.4, -0.2) is 11.1 Å². The third-order valence-electron chi connectivity index (χ3n) is 3.52. The van der Waals surface area contributed by atoms with Gasteiger partial charge in [0.25, 0.3) is 0 Å². The van der Waals surface area contributed by atoms with Gasteiger partial charge in [0, 0.05) is 4.47 Å². The summed E-state index contributed by atoms with van der Waals surface area (Å²) in [5, 5.41) is 9.43. The van der Waals surface area contributed by atoms with Gasteiger partial charge in [-0.2, -0.15) is 0 Å². The van der Waals surface area contributed by atoms with Crippen LogP contribution in [0.5, 0.6) is 0 Å². The van der Waals surface area contributed by atoms with Gasteiger partial charge in [-0.1, -0.05) is 46.3 Å². The number of allylic oxidation sites excluding steroid dienone is 2. The summed E-state index contributed by atoms with van der Waals surface area (Å²) in [6.07, 6.45) is 7.95. The molecule has 2 unspecified atom stereocenters. The summed E-state index contributed by atoms with van der Waals surface area (Å²) in [5.41, 5.74) is 1.07. The summed E-state index contributed by atoms with van der Waals surface area (Å²) in [6, 6.07) is 7.86. The molecule has 0 heterocycles. The van der Waals surface area contributed by atoms with Crippen molar-refractivity contribution in [2.24, 2.45) is 11.8 Å². The van der Waals surface area contributed by atoms with E-state index in [9.17, 15) is 9.90 Å². The van der Waals surface area contributed by atoms with E-state index in [4.69, 9.17) is 0 Å². The highest BCUT2D eigenvalue weighted by molar-refractivity contribution is 9.10. The first-order valence-corrected chi connectivity index (χ1v) is 7.10. The molecule has 2 rings (SSSR count). The number of hydrogen-bond donors (Lipinski definition) is 1. The van der Waals surface area contributed by atoms with Crippen LogP contribution in [0.2, 0.25) is 0 Å². The molecule has 0 radical (unpaired) electrons. The molecule has 18 heavy (non-hydrogen) atoms. The molecular weight excluding hydrogens is 292 g/mol. The summed E-state index contributed by atoms with van der Waals surface area (Å²) in [6.45, 7) is 0. The van der Waals surface area contributed by atoms with Gasteiger partial charge in [-0.3, -0.25) is 4.79 Å². The number of halogens is 1. The fourth-order valence-corrected chi connectivity index (χ4v) is 2.94. The molecule has 0 amide bonds. The van der Waals surface area contributed by atoms with Crippen LogP contribution in [0.4, 0.5) is 0 Å². The van der Waals surface area contributed by atoms with E-state index in [1.54, 1.807) is 0 Å². The van der Waals surface area contributed by atoms with Crippen molar-refractivity contribution in [2.45, 2.75) is 25.7 Å². The van der Waals surface area contributed by atoms with Crippen molar-refractivity contribution in [2.75, 3.05) is 0 Å². The third kappa shape index (κ3) is 3.22. The van der Waals surface area contributed by atoms with E-state index >= 15 is 0 Å². The Morgan fingerprint density at radius 1 is 1.44 bits per heavy atom. The van der Waals surface area contributed by atoms with Crippen molar-refractivity contribution < 1.29 is 9.90 Å². The minimum atomic E-state index is -0.692. The van der Waals surface area contributed by atoms with Crippen LogP contribution in [0.1, 0.15) is 24.8 Å². The predicted octanol–water partition coefficient (Wildman–Crippen LogP) is 4.05. The standard InChI is InChI=1S/C15H17BrO2/c16-14-9-5-4-8-12(14)10-13(15(17)18)11-6-2-1-3-7-11/h2,4-6,8-9,11,13H,1,3,7,10H2,(H,17,18). The molecule has 2 nitrogen and oxygen atoms in total. The van der Waals surface area contributed by atoms with Crippen LogP contribution in [0.25, 0.3) is 0 Å². The minimum absolute atomic E-state index is 0.170. The van der Waals surface area contributed by atoms with Crippen LogP contribution >= 0.6 is 15.9 Å². The fourth-order valence-electron chi connectivity index (χ4n) is 2.50. The molecule has 3 heteroatoms. The average Bonchev–Trinajstić information content (AvgIpc) is 2.38. The molecule has 0 bridgehead atoms. The Labute approximate surface area is 116 Å². The molecule has 0 saturated heterocycles. The second-order valence-corrected chi connectivity index (χ2v) is 5.62. The van der Waals surface area contributed by atoms with Crippen LogP contribution in [-0.2, 0) is 11.2 Å². The first-order valence-electron chi connectivity index (χ1n) is 6.31. The molecule has 1 aliphatic carbocycles. The van der Waals surface area contributed by atoms with Gasteiger partial charge in [-0.05, 0) is 43.2 Å². The Morgan fingerprint density at radius 2 is 2.22 bits per heavy atom. The molecular formula is C15H17BrO2. The maximum atomic E-state index is 11.5. The van der Waals surface area contributed by atoms with Gasteiger partial charge in [0.05, 0.1) is 5.92 Å². The van der Waals surface area contributed by atoms with Crippen molar-refractivity contribution in [3.63, 3.8) is 0 Å². The molecule has 1 N–H and O–H groups in total. The van der Waals surface area contributed by atoms with E-state index in [0.717, 1.165) is 29.3 Å². The van der Waals surface area contributed by atoms with Crippen molar-refractivity contribution in [3.8, 4) is 0 Å². The Hall–Kier alpha value is -1.09. The number of carboxylic acid groups (broad SMARTS) is 1. The quantitative estimate of drug-likeness (QED) is 0.852. The lowest BCUT2D eigenvalue weighted by Crippen LogP contribution is -2.25. The Bertz CT molecular complexity index is 454. The summed E-state index contributed by atoms with van der Waals surface area (Å²) in [5.74, 6) is -0.842. The highest BCUT2D eigenvalue weighted by atomic mass is 79.9. The first kappa shape index (κ1) is 13.3. The predicted molar refractivity (Wildman–Crippen MR) is 75.5 cm³/mol. The smallest absolute Gasteiger partial charge is 0.307 e. The monoisotopic (exact) mass is 308 g/mol. The van der Waals surface area contributed by atoms with Gasteiger partial charge in [-0.25, -0.2) is 0 Å². The number of rotatable bonds is 4. The number of carbonyl (C=O) groups is 1. The average molecular weight is 309 g/mol. The minimum Gasteiger partial charge on any atom is -0.481 e. The molecule has 1 aliphatic rings. The Morgan fingerprint density at radius 3 is 2.83 bits per heavy atom. The van der Waals surface area contributed by atoms with Gasteiger partial charge in [0.2, 0.25) is 0 Å². The molecule has 2 atom stereocenters. The van der Waals surface area contributed by atoms with Crippen molar-refractivity contribution in [1.29, 1.82) is 0 Å². The normalized spacial score (nSPS) is 20.6. The molecule has 1 aromatic rings. The van der Waals surface area contributed by atoms with E-state index < -0.39 is 5.97 Å². The lowest BCUT2D eigenvalue weighted by molar-refractivity contribution is -0.143. The summed E-state index contributed by atoms with van der Waals surface area (Å²) in [7, 11) is 0. The van der Waals surface area contributed by atoms with E-state index in [2.05, 4.69) is 28.1 Å². The van der Waals surface area contributed by atoms with E-state index in [1.165, 1.54) is 0 Å². The molecule has 1 aromatic carbocycles. The molecule has 96 valence electrons. The number of carboxylic acids is 1. The zero-order chi connectivity index (χ0) is 13.0. The molecule has 0 aromatic heterocycles. The molecule has 0 saturated carbocycles. The van der Waals surface area contributed by atoms with Crippen molar-refractivity contribution in [1.82, 2.24) is 0 Å². The van der Waals surface area contributed by atoms with Gasteiger partial charge in [-0.15, -0.1) is 0 Å². The second-order valence-electron chi connectivity index (χ2n) is 4.76. The van der Waals surface area contributed by atoms with Gasteiger partial charge < -0.3 is 5.11 Å². The highest BCUT2D eigenvalue weighted by Gasteiger charge is 2.27. The fraction of sp³-hybridized carbons (Fsp3) is 0.400. The Kier molecular flexibility index (Phi) is 4.59. The maximum Gasteiger partial charge on any atom is 0.307 e. The zero-order valence-corrected chi connectivity index (χ0v) is 11.8. The van der Waals surface area contributed by atoms with E-state index in [1.807, 2.05) is 24.3 Å². The summed E-state index contributed by atoms with van der Waals surface area (Å²) < 4.78 is 0.996. The topological polar surface area (TPSA) is 37.3 Å². The summed E-state index contributed by atoms with van der Waals surface area (Å²) >= 11 is 3.49. The SMILES string of the molecule is O=C(O)C(Cc1ccccc1Br)C1C=CCCC1. The Balaban J connectivity index is 2.16. The van der Waals surface area contributed by atoms with Gasteiger partial charge in [0.1, 0.15) is 0 Å². The molecule has 0 spiro atoms. The molecule has 0 aliphatic heterocycles. The second kappa shape index (κ2) is 6.19. The van der Waals surface area contributed by atoms with Crippen LogP contribution in [0, 0.1) is 11.8 Å². The van der Waals surface area contributed by atoms with Crippen molar-refractivity contribution in [3.05, 3.63) is 46.5 Å². The van der Waals surface area contributed by atoms with Gasteiger partial charge in [0.15, 0.2) is 0 Å². The van der Waals surface area contributed by atoms with E-state index in [0.29, 0.717) is 6.42 Å². The molecule has 0 fully saturated rings. The van der Waals surface area contributed by atoms with E-state index in [-0.39, 0.29) is 11.8 Å². The highest BCUT2D eigenvalue weighted by Crippen LogP contribution is 2.29.